The highest BCUT2D eigenvalue weighted by Crippen LogP contribution is 2.17. The van der Waals surface area contributed by atoms with Gasteiger partial charge < -0.3 is 5.32 Å². The van der Waals surface area contributed by atoms with E-state index in [-0.39, 0.29) is 0 Å². The fraction of sp³-hybridized carbons (Fsp3) is 0.667. The van der Waals surface area contributed by atoms with Crippen LogP contribution in [0.25, 0.3) is 0 Å². The summed E-state index contributed by atoms with van der Waals surface area (Å²) in [6, 6.07) is 4.92. The molecule has 0 bridgehead atoms. The smallest absolute Gasteiger partial charge is 0.0302 e. The first-order valence-electron chi connectivity index (χ1n) is 5.54. The molecule has 0 aliphatic heterocycles. The third-order valence-electron chi connectivity index (χ3n) is 2.76. The van der Waals surface area contributed by atoms with Gasteiger partial charge in [-0.1, -0.05) is 13.8 Å². The molecule has 1 aromatic rings. The summed E-state index contributed by atoms with van der Waals surface area (Å²) in [5.74, 6) is 1.25. The summed E-state index contributed by atoms with van der Waals surface area (Å²) in [4.78, 5) is 2.88. The van der Waals surface area contributed by atoms with Crippen LogP contribution in [0.15, 0.2) is 12.1 Å². The van der Waals surface area contributed by atoms with E-state index in [1.807, 2.05) is 11.3 Å². The van der Waals surface area contributed by atoms with Crippen molar-refractivity contribution in [2.24, 2.45) is 5.92 Å². The zero-order valence-corrected chi connectivity index (χ0v) is 11.3. The molecule has 0 amide bonds. The molecule has 0 saturated heterocycles. The van der Waals surface area contributed by atoms with Crippen LogP contribution in [0.3, 0.4) is 0 Å². The van der Waals surface area contributed by atoms with Gasteiger partial charge >= 0.3 is 0 Å². The number of hydrogen-bond donors (Lipinski definition) is 1. The van der Waals surface area contributed by atoms with Gasteiger partial charge in [0.1, 0.15) is 0 Å². The Bertz CT molecular complexity index is 285. The Labute approximate surface area is 102 Å². The van der Waals surface area contributed by atoms with Crippen LogP contribution in [0.4, 0.5) is 0 Å². The van der Waals surface area contributed by atoms with Gasteiger partial charge in [0, 0.05) is 28.2 Å². The lowest BCUT2D eigenvalue weighted by molar-refractivity contribution is 0.431. The Hall–Kier alpha value is -0.0500. The maximum atomic E-state index is 5.82. The van der Waals surface area contributed by atoms with Crippen LogP contribution in [0.2, 0.25) is 0 Å². The number of alkyl halides is 1. The van der Waals surface area contributed by atoms with E-state index in [0.717, 1.165) is 18.8 Å². The summed E-state index contributed by atoms with van der Waals surface area (Å²) in [5, 5.41) is 3.51. The van der Waals surface area contributed by atoms with Crippen LogP contribution in [-0.2, 0) is 13.0 Å². The normalized spacial score (nSPS) is 15.2. The number of hydrogen-bond acceptors (Lipinski definition) is 2. The minimum atomic E-state index is 0.481. The van der Waals surface area contributed by atoms with Gasteiger partial charge in [-0.2, -0.15) is 0 Å². The molecule has 15 heavy (non-hydrogen) atoms. The first-order valence-corrected chi connectivity index (χ1v) is 6.89. The molecule has 2 atom stereocenters. The minimum absolute atomic E-state index is 0.481. The molecule has 86 valence electrons. The molecule has 0 aliphatic carbocycles. The first kappa shape index (κ1) is 13.0. The predicted molar refractivity (Wildman–Crippen MR) is 69.9 cm³/mol. The molecular formula is C12H20ClNS. The van der Waals surface area contributed by atoms with Crippen molar-refractivity contribution in [3.8, 4) is 0 Å². The quantitative estimate of drug-likeness (QED) is 0.755. The van der Waals surface area contributed by atoms with Crippen molar-refractivity contribution in [3.63, 3.8) is 0 Å². The fourth-order valence-corrected chi connectivity index (χ4v) is 2.48. The van der Waals surface area contributed by atoms with E-state index >= 15 is 0 Å². The Morgan fingerprint density at radius 3 is 2.53 bits per heavy atom. The zero-order chi connectivity index (χ0) is 11.3. The Balaban J connectivity index is 2.36. The molecule has 0 spiro atoms. The standard InChI is InChI=1S/C12H20ClNS/c1-4-11-5-6-12(15-11)8-14-10(3)9(2)7-13/h5-6,9-10,14H,4,7-8H2,1-3H3. The third kappa shape index (κ3) is 4.13. The monoisotopic (exact) mass is 245 g/mol. The molecule has 1 nitrogen and oxygen atoms in total. The summed E-state index contributed by atoms with van der Waals surface area (Å²) in [6.07, 6.45) is 1.14. The Kier molecular flexibility index (Phi) is 5.65. The fourth-order valence-electron chi connectivity index (χ4n) is 1.30. The van der Waals surface area contributed by atoms with Crippen LogP contribution in [0.1, 0.15) is 30.5 Å². The summed E-state index contributed by atoms with van der Waals surface area (Å²) < 4.78 is 0. The Morgan fingerprint density at radius 2 is 2.00 bits per heavy atom. The van der Waals surface area contributed by atoms with E-state index < -0.39 is 0 Å². The van der Waals surface area contributed by atoms with Crippen LogP contribution in [-0.4, -0.2) is 11.9 Å². The van der Waals surface area contributed by atoms with Gasteiger partial charge in [-0.15, -0.1) is 22.9 Å². The van der Waals surface area contributed by atoms with Crippen LogP contribution >= 0.6 is 22.9 Å². The highest BCUT2D eigenvalue weighted by molar-refractivity contribution is 7.11. The molecule has 0 radical (unpaired) electrons. The summed E-state index contributed by atoms with van der Waals surface area (Å²) in [7, 11) is 0. The molecule has 3 heteroatoms. The van der Waals surface area contributed by atoms with Crippen LogP contribution < -0.4 is 5.32 Å². The van der Waals surface area contributed by atoms with E-state index in [9.17, 15) is 0 Å². The van der Waals surface area contributed by atoms with E-state index in [2.05, 4.69) is 38.2 Å². The Morgan fingerprint density at radius 1 is 1.33 bits per heavy atom. The molecule has 0 saturated carbocycles. The molecule has 1 N–H and O–H groups in total. The average molecular weight is 246 g/mol. The second-order valence-electron chi connectivity index (χ2n) is 4.02. The second-order valence-corrected chi connectivity index (χ2v) is 5.58. The van der Waals surface area contributed by atoms with Crippen molar-refractivity contribution in [1.29, 1.82) is 0 Å². The minimum Gasteiger partial charge on any atom is -0.309 e. The lowest BCUT2D eigenvalue weighted by Crippen LogP contribution is -2.32. The van der Waals surface area contributed by atoms with Gasteiger partial charge in [-0.05, 0) is 31.4 Å². The number of halogens is 1. The first-order chi connectivity index (χ1) is 7.17. The van der Waals surface area contributed by atoms with Crippen LogP contribution in [0, 0.1) is 5.92 Å². The molecule has 1 aromatic heterocycles. The number of nitrogens with one attached hydrogen (secondary N) is 1. The largest absolute Gasteiger partial charge is 0.309 e. The second kappa shape index (κ2) is 6.51. The van der Waals surface area contributed by atoms with Gasteiger partial charge in [0.2, 0.25) is 0 Å². The molecule has 2 unspecified atom stereocenters. The zero-order valence-electron chi connectivity index (χ0n) is 9.72. The maximum Gasteiger partial charge on any atom is 0.0302 e. The molecule has 0 aromatic carbocycles. The topological polar surface area (TPSA) is 12.0 Å². The lowest BCUT2D eigenvalue weighted by Gasteiger charge is -2.18. The van der Waals surface area contributed by atoms with Crippen molar-refractivity contribution in [2.45, 2.75) is 39.8 Å². The van der Waals surface area contributed by atoms with Crippen molar-refractivity contribution in [1.82, 2.24) is 5.32 Å². The van der Waals surface area contributed by atoms with Gasteiger partial charge in [0.25, 0.3) is 0 Å². The molecule has 0 fully saturated rings. The van der Waals surface area contributed by atoms with Crippen molar-refractivity contribution in [2.75, 3.05) is 5.88 Å². The van der Waals surface area contributed by atoms with Crippen molar-refractivity contribution < 1.29 is 0 Å². The summed E-state index contributed by atoms with van der Waals surface area (Å²) in [5.41, 5.74) is 0. The van der Waals surface area contributed by atoms with Crippen molar-refractivity contribution >= 4 is 22.9 Å². The van der Waals surface area contributed by atoms with Gasteiger partial charge in [-0.25, -0.2) is 0 Å². The number of rotatable bonds is 6. The maximum absolute atomic E-state index is 5.82. The summed E-state index contributed by atoms with van der Waals surface area (Å²) in [6.45, 7) is 7.53. The van der Waals surface area contributed by atoms with E-state index in [1.165, 1.54) is 9.75 Å². The SMILES string of the molecule is CCc1ccc(CNC(C)C(C)CCl)s1. The average Bonchev–Trinajstić information content (AvgIpc) is 2.72. The number of thiophene rings is 1. The van der Waals surface area contributed by atoms with Crippen LogP contribution in [0.5, 0.6) is 0 Å². The third-order valence-corrected chi connectivity index (χ3v) is 4.48. The van der Waals surface area contributed by atoms with Gasteiger partial charge in [0.15, 0.2) is 0 Å². The highest BCUT2D eigenvalue weighted by Gasteiger charge is 2.10. The molecule has 1 heterocycles. The van der Waals surface area contributed by atoms with Gasteiger partial charge in [0.05, 0.1) is 0 Å². The molecule has 1 rings (SSSR count). The lowest BCUT2D eigenvalue weighted by atomic mass is 10.1. The van der Waals surface area contributed by atoms with Gasteiger partial charge in [-0.3, -0.25) is 0 Å². The van der Waals surface area contributed by atoms with E-state index in [1.54, 1.807) is 0 Å². The van der Waals surface area contributed by atoms with Crippen molar-refractivity contribution in [3.05, 3.63) is 21.9 Å². The van der Waals surface area contributed by atoms with E-state index in [0.29, 0.717) is 12.0 Å². The molecular weight excluding hydrogens is 226 g/mol. The van der Waals surface area contributed by atoms with E-state index in [4.69, 9.17) is 11.6 Å². The predicted octanol–water partition coefficient (Wildman–Crippen LogP) is 3.66. The number of aryl methyl sites for hydroxylation is 1. The summed E-state index contributed by atoms with van der Waals surface area (Å²) >= 11 is 7.72. The highest BCUT2D eigenvalue weighted by atomic mass is 35.5. The molecule has 0 aliphatic rings.